The van der Waals surface area contributed by atoms with Crippen LogP contribution in [0, 0.1) is 5.92 Å². The van der Waals surface area contributed by atoms with Gasteiger partial charge in [-0.3, -0.25) is 4.98 Å². The zero-order valence-corrected chi connectivity index (χ0v) is 8.27. The van der Waals surface area contributed by atoms with E-state index in [0.717, 1.165) is 12.8 Å². The highest BCUT2D eigenvalue weighted by molar-refractivity contribution is 5.08. The molecule has 2 unspecified atom stereocenters. The second-order valence-electron chi connectivity index (χ2n) is 3.62. The molecule has 0 radical (unpaired) electrons. The monoisotopic (exact) mass is 179 g/mol. The van der Waals surface area contributed by atoms with Gasteiger partial charge in [-0.1, -0.05) is 13.0 Å². The zero-order valence-electron chi connectivity index (χ0n) is 8.27. The van der Waals surface area contributed by atoms with Crippen molar-refractivity contribution in [2.24, 2.45) is 5.92 Å². The number of hydrogen-bond donors (Lipinski definition) is 1. The van der Waals surface area contributed by atoms with E-state index in [-0.39, 0.29) is 6.10 Å². The van der Waals surface area contributed by atoms with Crippen molar-refractivity contribution in [1.29, 1.82) is 0 Å². The van der Waals surface area contributed by atoms with Gasteiger partial charge in [0.1, 0.15) is 0 Å². The van der Waals surface area contributed by atoms with E-state index in [1.165, 1.54) is 5.56 Å². The largest absolute Gasteiger partial charge is 0.393 e. The number of aromatic nitrogens is 1. The smallest absolute Gasteiger partial charge is 0.0537 e. The van der Waals surface area contributed by atoms with Crippen LogP contribution in [0.25, 0.3) is 0 Å². The van der Waals surface area contributed by atoms with Gasteiger partial charge < -0.3 is 5.11 Å². The van der Waals surface area contributed by atoms with Gasteiger partial charge in [-0.25, -0.2) is 0 Å². The minimum absolute atomic E-state index is 0.211. The number of aliphatic hydroxyl groups is 1. The lowest BCUT2D eigenvalue weighted by molar-refractivity contribution is 0.130. The number of nitrogens with zero attached hydrogens (tertiary/aromatic N) is 1. The van der Waals surface area contributed by atoms with Crippen molar-refractivity contribution in [2.75, 3.05) is 0 Å². The molecular weight excluding hydrogens is 162 g/mol. The summed E-state index contributed by atoms with van der Waals surface area (Å²) >= 11 is 0. The van der Waals surface area contributed by atoms with Gasteiger partial charge in [0.25, 0.3) is 0 Å². The predicted molar refractivity (Wildman–Crippen MR) is 53.4 cm³/mol. The third-order valence-electron chi connectivity index (χ3n) is 2.43. The fraction of sp³-hybridized carbons (Fsp3) is 0.545. The van der Waals surface area contributed by atoms with Crippen LogP contribution in [-0.4, -0.2) is 16.2 Å². The molecule has 2 heteroatoms. The van der Waals surface area contributed by atoms with E-state index in [2.05, 4.69) is 18.0 Å². The Kier molecular flexibility index (Phi) is 3.90. The van der Waals surface area contributed by atoms with Crippen LogP contribution in [0.5, 0.6) is 0 Å². The Bertz CT molecular complexity index is 233. The van der Waals surface area contributed by atoms with Crippen LogP contribution in [0.2, 0.25) is 0 Å². The molecule has 1 heterocycles. The summed E-state index contributed by atoms with van der Waals surface area (Å²) < 4.78 is 0. The molecular formula is C11H17NO. The van der Waals surface area contributed by atoms with E-state index in [1.54, 1.807) is 6.20 Å². The third-order valence-corrected chi connectivity index (χ3v) is 2.43. The molecule has 1 aromatic rings. The van der Waals surface area contributed by atoms with Crippen molar-refractivity contribution in [2.45, 2.75) is 32.8 Å². The van der Waals surface area contributed by atoms with Gasteiger partial charge in [0, 0.05) is 12.4 Å². The lowest BCUT2D eigenvalue weighted by atomic mass is 9.98. The molecule has 0 fully saturated rings. The van der Waals surface area contributed by atoms with Gasteiger partial charge in [0.2, 0.25) is 0 Å². The first-order valence-electron chi connectivity index (χ1n) is 4.77. The van der Waals surface area contributed by atoms with Crippen molar-refractivity contribution in [3.63, 3.8) is 0 Å². The van der Waals surface area contributed by atoms with Gasteiger partial charge >= 0.3 is 0 Å². The molecule has 0 spiro atoms. The lowest BCUT2D eigenvalue weighted by Gasteiger charge is -2.13. The van der Waals surface area contributed by atoms with Crippen molar-refractivity contribution in [1.82, 2.24) is 4.98 Å². The van der Waals surface area contributed by atoms with Gasteiger partial charge in [0.15, 0.2) is 0 Å². The number of aryl methyl sites for hydroxylation is 1. The molecule has 0 saturated carbocycles. The Morgan fingerprint density at radius 1 is 1.46 bits per heavy atom. The molecule has 0 aromatic carbocycles. The summed E-state index contributed by atoms with van der Waals surface area (Å²) in [5.74, 6) is 0.361. The summed E-state index contributed by atoms with van der Waals surface area (Å²) in [6, 6.07) is 4.02. The van der Waals surface area contributed by atoms with E-state index in [4.69, 9.17) is 0 Å². The highest BCUT2D eigenvalue weighted by Crippen LogP contribution is 2.11. The minimum Gasteiger partial charge on any atom is -0.393 e. The van der Waals surface area contributed by atoms with Crippen molar-refractivity contribution < 1.29 is 5.11 Å². The van der Waals surface area contributed by atoms with Crippen LogP contribution in [0.4, 0.5) is 0 Å². The molecule has 72 valence electrons. The van der Waals surface area contributed by atoms with Gasteiger partial charge in [0.05, 0.1) is 6.10 Å². The zero-order chi connectivity index (χ0) is 9.68. The predicted octanol–water partition coefficient (Wildman–Crippen LogP) is 2.03. The topological polar surface area (TPSA) is 33.1 Å². The van der Waals surface area contributed by atoms with Crippen molar-refractivity contribution in [3.8, 4) is 0 Å². The molecule has 0 aliphatic carbocycles. The van der Waals surface area contributed by atoms with E-state index in [1.807, 2.05) is 19.2 Å². The Hall–Kier alpha value is -0.890. The first kappa shape index (κ1) is 10.2. The molecule has 1 N–H and O–H groups in total. The SMILES string of the molecule is CC(O)C(C)CCc1cccnc1. The van der Waals surface area contributed by atoms with Gasteiger partial charge in [-0.15, -0.1) is 0 Å². The molecule has 0 saturated heterocycles. The summed E-state index contributed by atoms with van der Waals surface area (Å²) in [4.78, 5) is 4.04. The van der Waals surface area contributed by atoms with Crippen LogP contribution < -0.4 is 0 Å². The molecule has 0 aliphatic rings. The van der Waals surface area contributed by atoms with E-state index in [0.29, 0.717) is 5.92 Å². The van der Waals surface area contributed by atoms with Crippen LogP contribution in [-0.2, 0) is 6.42 Å². The Balaban J connectivity index is 2.35. The Morgan fingerprint density at radius 2 is 2.23 bits per heavy atom. The summed E-state index contributed by atoms with van der Waals surface area (Å²) in [6.45, 7) is 3.91. The van der Waals surface area contributed by atoms with E-state index < -0.39 is 0 Å². The number of pyridine rings is 1. The molecule has 1 aromatic heterocycles. The Labute approximate surface area is 79.6 Å². The summed E-state index contributed by atoms with van der Waals surface area (Å²) in [5.41, 5.74) is 1.25. The highest BCUT2D eigenvalue weighted by Gasteiger charge is 2.08. The number of rotatable bonds is 4. The number of hydrogen-bond acceptors (Lipinski definition) is 2. The fourth-order valence-electron chi connectivity index (χ4n) is 1.18. The second-order valence-corrected chi connectivity index (χ2v) is 3.62. The first-order valence-corrected chi connectivity index (χ1v) is 4.77. The van der Waals surface area contributed by atoms with E-state index >= 15 is 0 Å². The molecule has 1 rings (SSSR count). The Morgan fingerprint density at radius 3 is 2.77 bits per heavy atom. The molecule has 0 bridgehead atoms. The number of aliphatic hydroxyl groups excluding tert-OH is 1. The summed E-state index contributed by atoms with van der Waals surface area (Å²) in [5, 5.41) is 9.28. The first-order chi connectivity index (χ1) is 6.20. The average Bonchev–Trinajstić information content (AvgIpc) is 2.15. The van der Waals surface area contributed by atoms with Gasteiger partial charge in [-0.2, -0.15) is 0 Å². The normalized spacial score (nSPS) is 15.3. The minimum atomic E-state index is -0.211. The third kappa shape index (κ3) is 3.55. The summed E-state index contributed by atoms with van der Waals surface area (Å²) in [6.07, 6.45) is 5.47. The highest BCUT2D eigenvalue weighted by atomic mass is 16.3. The fourth-order valence-corrected chi connectivity index (χ4v) is 1.18. The van der Waals surface area contributed by atoms with Crippen molar-refractivity contribution in [3.05, 3.63) is 30.1 Å². The summed E-state index contributed by atoms with van der Waals surface area (Å²) in [7, 11) is 0. The molecule has 2 nitrogen and oxygen atoms in total. The molecule has 0 amide bonds. The van der Waals surface area contributed by atoms with Crippen LogP contribution in [0.3, 0.4) is 0 Å². The molecule has 2 atom stereocenters. The van der Waals surface area contributed by atoms with E-state index in [9.17, 15) is 5.11 Å². The van der Waals surface area contributed by atoms with Gasteiger partial charge in [-0.05, 0) is 37.3 Å². The average molecular weight is 179 g/mol. The molecule has 13 heavy (non-hydrogen) atoms. The maximum absolute atomic E-state index is 9.28. The van der Waals surface area contributed by atoms with Crippen molar-refractivity contribution >= 4 is 0 Å². The van der Waals surface area contributed by atoms with Crippen LogP contribution >= 0.6 is 0 Å². The standard InChI is InChI=1S/C11H17NO/c1-9(10(2)13)5-6-11-4-3-7-12-8-11/h3-4,7-10,13H,5-6H2,1-2H3. The van der Waals surface area contributed by atoms with Crippen LogP contribution in [0.1, 0.15) is 25.8 Å². The van der Waals surface area contributed by atoms with Crippen LogP contribution in [0.15, 0.2) is 24.5 Å². The maximum Gasteiger partial charge on any atom is 0.0537 e. The quantitative estimate of drug-likeness (QED) is 0.767. The maximum atomic E-state index is 9.28. The second kappa shape index (κ2) is 4.97. The molecule has 0 aliphatic heterocycles. The lowest BCUT2D eigenvalue weighted by Crippen LogP contribution is -2.13.